The zero-order chi connectivity index (χ0) is 17.2. The molecule has 1 fully saturated rings. The zero-order valence-electron chi connectivity index (χ0n) is 15.2. The molecular formula is C22H30NO+. The number of nitrogens with zero attached hydrogens (tertiary/aromatic N) is 1. The van der Waals surface area contributed by atoms with Gasteiger partial charge in [-0.15, -0.1) is 0 Å². The molecule has 2 nitrogen and oxygen atoms in total. The standard InChI is InChI=1S/C22H29NO/c1-17-12-13-22(24)21(15-17)20(18-9-5-4-6-10-18)16-19-11-7-8-14-23(19,2)3/h4-6,9-10,12-13,15,19-20H,7-8,11,14,16H2,1-3H3/p+1. The summed E-state index contributed by atoms with van der Waals surface area (Å²) in [6.07, 6.45) is 5.03. The molecule has 2 aromatic rings. The highest BCUT2D eigenvalue weighted by atomic mass is 16.3. The van der Waals surface area contributed by atoms with Gasteiger partial charge in [-0.2, -0.15) is 0 Å². The van der Waals surface area contributed by atoms with Gasteiger partial charge in [-0.3, -0.25) is 0 Å². The van der Waals surface area contributed by atoms with Crippen LogP contribution in [0, 0.1) is 6.92 Å². The van der Waals surface area contributed by atoms with Crippen molar-refractivity contribution in [2.24, 2.45) is 0 Å². The lowest BCUT2D eigenvalue weighted by molar-refractivity contribution is -0.920. The Kier molecular flexibility index (Phi) is 4.96. The lowest BCUT2D eigenvalue weighted by Crippen LogP contribution is -2.52. The SMILES string of the molecule is Cc1ccc(O)c(C(CC2CCCC[N+]2(C)C)c2ccccc2)c1. The van der Waals surface area contributed by atoms with Crippen LogP contribution in [0.3, 0.4) is 0 Å². The average molecular weight is 324 g/mol. The summed E-state index contributed by atoms with van der Waals surface area (Å²) >= 11 is 0. The molecule has 1 aliphatic rings. The summed E-state index contributed by atoms with van der Waals surface area (Å²) in [5.41, 5.74) is 3.59. The number of quaternary nitrogens is 1. The molecule has 1 N–H and O–H groups in total. The normalized spacial score (nSPS) is 21.4. The topological polar surface area (TPSA) is 20.2 Å². The fourth-order valence-corrected chi connectivity index (χ4v) is 4.19. The first-order valence-corrected chi connectivity index (χ1v) is 9.14. The number of rotatable bonds is 4. The van der Waals surface area contributed by atoms with Crippen LogP contribution in [0.1, 0.15) is 48.3 Å². The summed E-state index contributed by atoms with van der Waals surface area (Å²) in [4.78, 5) is 0. The van der Waals surface area contributed by atoms with Gasteiger partial charge in [0.2, 0.25) is 0 Å². The summed E-state index contributed by atoms with van der Waals surface area (Å²) < 4.78 is 1.09. The van der Waals surface area contributed by atoms with Crippen LogP contribution < -0.4 is 0 Å². The van der Waals surface area contributed by atoms with Crippen molar-refractivity contribution in [1.82, 2.24) is 0 Å². The second kappa shape index (κ2) is 6.98. The van der Waals surface area contributed by atoms with Crippen LogP contribution in [0.2, 0.25) is 0 Å². The maximum absolute atomic E-state index is 10.5. The van der Waals surface area contributed by atoms with Crippen LogP contribution in [0.4, 0.5) is 0 Å². The number of phenolic OH excluding ortho intramolecular Hbond substituents is 1. The lowest BCUT2D eigenvalue weighted by Gasteiger charge is -2.43. The molecule has 1 aliphatic heterocycles. The van der Waals surface area contributed by atoms with E-state index >= 15 is 0 Å². The number of aryl methyl sites for hydroxylation is 1. The first-order chi connectivity index (χ1) is 11.5. The summed E-state index contributed by atoms with van der Waals surface area (Å²) in [5, 5.41) is 10.5. The van der Waals surface area contributed by atoms with Gasteiger partial charge >= 0.3 is 0 Å². The van der Waals surface area contributed by atoms with E-state index in [1.54, 1.807) is 0 Å². The molecule has 24 heavy (non-hydrogen) atoms. The van der Waals surface area contributed by atoms with E-state index in [-0.39, 0.29) is 5.92 Å². The Morgan fingerprint density at radius 1 is 1.08 bits per heavy atom. The number of hydrogen-bond acceptors (Lipinski definition) is 1. The summed E-state index contributed by atoms with van der Waals surface area (Å²) in [7, 11) is 4.73. The molecule has 0 spiro atoms. The Labute approximate surface area is 146 Å². The fourth-order valence-electron chi connectivity index (χ4n) is 4.19. The molecule has 0 amide bonds. The van der Waals surface area contributed by atoms with Gasteiger partial charge in [-0.1, -0.05) is 48.0 Å². The van der Waals surface area contributed by atoms with Crippen molar-refractivity contribution in [1.29, 1.82) is 0 Å². The molecule has 0 bridgehead atoms. The van der Waals surface area contributed by atoms with Crippen LogP contribution in [-0.4, -0.2) is 36.3 Å². The van der Waals surface area contributed by atoms with E-state index in [0.29, 0.717) is 11.8 Å². The van der Waals surface area contributed by atoms with Crippen LogP contribution in [0.5, 0.6) is 5.75 Å². The highest BCUT2D eigenvalue weighted by Gasteiger charge is 2.34. The van der Waals surface area contributed by atoms with Gasteiger partial charge in [-0.25, -0.2) is 0 Å². The molecule has 2 atom stereocenters. The van der Waals surface area contributed by atoms with Crippen molar-refractivity contribution >= 4 is 0 Å². The molecule has 0 aromatic heterocycles. The molecule has 0 radical (unpaired) electrons. The molecule has 3 rings (SSSR count). The Bertz CT molecular complexity index is 678. The van der Waals surface area contributed by atoms with Crippen LogP contribution in [0.25, 0.3) is 0 Å². The first kappa shape index (κ1) is 17.0. The summed E-state index contributed by atoms with van der Waals surface area (Å²) in [6.45, 7) is 3.36. The van der Waals surface area contributed by atoms with Gasteiger partial charge in [0.25, 0.3) is 0 Å². The second-order valence-corrected chi connectivity index (χ2v) is 7.91. The number of aromatic hydroxyl groups is 1. The molecule has 2 unspecified atom stereocenters. The van der Waals surface area contributed by atoms with Crippen molar-refractivity contribution in [3.63, 3.8) is 0 Å². The second-order valence-electron chi connectivity index (χ2n) is 7.91. The van der Waals surface area contributed by atoms with Crippen LogP contribution in [-0.2, 0) is 0 Å². The number of hydrogen-bond donors (Lipinski definition) is 1. The van der Waals surface area contributed by atoms with E-state index in [1.807, 2.05) is 12.1 Å². The third-order valence-electron chi connectivity index (χ3n) is 5.78. The molecule has 0 aliphatic carbocycles. The van der Waals surface area contributed by atoms with Crippen LogP contribution in [0.15, 0.2) is 48.5 Å². The summed E-state index contributed by atoms with van der Waals surface area (Å²) in [6, 6.07) is 17.3. The van der Waals surface area contributed by atoms with Gasteiger partial charge in [0, 0.05) is 17.9 Å². The van der Waals surface area contributed by atoms with E-state index in [2.05, 4.69) is 57.4 Å². The molecule has 128 valence electrons. The van der Waals surface area contributed by atoms with Crippen molar-refractivity contribution in [3.8, 4) is 5.75 Å². The Morgan fingerprint density at radius 2 is 1.83 bits per heavy atom. The zero-order valence-corrected chi connectivity index (χ0v) is 15.2. The van der Waals surface area contributed by atoms with E-state index in [4.69, 9.17) is 0 Å². The molecule has 1 heterocycles. The van der Waals surface area contributed by atoms with Gasteiger partial charge in [0.15, 0.2) is 0 Å². The van der Waals surface area contributed by atoms with Gasteiger partial charge in [0.05, 0.1) is 26.7 Å². The maximum Gasteiger partial charge on any atom is 0.119 e. The number of phenols is 1. The first-order valence-electron chi connectivity index (χ1n) is 9.14. The minimum absolute atomic E-state index is 0.256. The fraction of sp³-hybridized carbons (Fsp3) is 0.455. The molecule has 1 saturated heterocycles. The van der Waals surface area contributed by atoms with Gasteiger partial charge in [-0.05, 0) is 37.8 Å². The van der Waals surface area contributed by atoms with Crippen molar-refractivity contribution in [2.75, 3.05) is 20.6 Å². The monoisotopic (exact) mass is 324 g/mol. The van der Waals surface area contributed by atoms with Crippen LogP contribution >= 0.6 is 0 Å². The molecular weight excluding hydrogens is 294 g/mol. The predicted molar refractivity (Wildman–Crippen MR) is 100 cm³/mol. The van der Waals surface area contributed by atoms with Gasteiger partial charge in [0.1, 0.15) is 5.75 Å². The lowest BCUT2D eigenvalue weighted by atomic mass is 9.82. The van der Waals surface area contributed by atoms with Crippen molar-refractivity contribution in [3.05, 3.63) is 65.2 Å². The van der Waals surface area contributed by atoms with Crippen molar-refractivity contribution in [2.45, 2.75) is 44.6 Å². The van der Waals surface area contributed by atoms with Gasteiger partial charge < -0.3 is 9.59 Å². The smallest absolute Gasteiger partial charge is 0.119 e. The Morgan fingerprint density at radius 3 is 2.54 bits per heavy atom. The number of benzene rings is 2. The highest BCUT2D eigenvalue weighted by Crippen LogP contribution is 2.38. The number of likely N-dealkylation sites (tertiary alicyclic amines) is 1. The Hall–Kier alpha value is -1.80. The third-order valence-corrected chi connectivity index (χ3v) is 5.78. The Balaban J connectivity index is 1.98. The summed E-state index contributed by atoms with van der Waals surface area (Å²) in [5.74, 6) is 0.683. The van der Waals surface area contributed by atoms with E-state index in [9.17, 15) is 5.11 Å². The minimum atomic E-state index is 0.256. The molecule has 0 saturated carbocycles. The largest absolute Gasteiger partial charge is 0.508 e. The van der Waals surface area contributed by atoms with E-state index < -0.39 is 0 Å². The highest BCUT2D eigenvalue weighted by molar-refractivity contribution is 5.43. The molecule has 2 aromatic carbocycles. The average Bonchev–Trinajstić information content (AvgIpc) is 2.57. The van der Waals surface area contributed by atoms with E-state index in [0.717, 1.165) is 16.5 Å². The van der Waals surface area contributed by atoms with E-state index in [1.165, 1.54) is 36.9 Å². The van der Waals surface area contributed by atoms with Crippen molar-refractivity contribution < 1.29 is 9.59 Å². The predicted octanol–water partition coefficient (Wildman–Crippen LogP) is 4.85. The molecule has 2 heteroatoms. The maximum atomic E-state index is 10.5. The minimum Gasteiger partial charge on any atom is -0.508 e. The third kappa shape index (κ3) is 3.64. The quantitative estimate of drug-likeness (QED) is 0.797. The number of piperidine rings is 1.